The van der Waals surface area contributed by atoms with Crippen LogP contribution in [0.3, 0.4) is 0 Å². The molecule has 2 fully saturated rings. The molecule has 0 bridgehead atoms. The minimum atomic E-state index is -0.484. The van der Waals surface area contributed by atoms with Gasteiger partial charge in [-0.2, -0.15) is 0 Å². The van der Waals surface area contributed by atoms with Crippen LogP contribution in [0.2, 0.25) is 0 Å². The van der Waals surface area contributed by atoms with E-state index in [0.717, 1.165) is 42.1 Å². The van der Waals surface area contributed by atoms with E-state index in [4.69, 9.17) is 14.7 Å². The normalized spacial score (nSPS) is 20.1. The van der Waals surface area contributed by atoms with Crippen LogP contribution in [0.25, 0.3) is 11.0 Å². The van der Waals surface area contributed by atoms with Gasteiger partial charge in [0.15, 0.2) is 11.6 Å². The quantitative estimate of drug-likeness (QED) is 0.830. The zero-order valence-corrected chi connectivity index (χ0v) is 16.9. The first-order valence-electron chi connectivity index (χ1n) is 10.2. The van der Waals surface area contributed by atoms with E-state index in [0.29, 0.717) is 12.6 Å². The Balaban J connectivity index is 1.51. The third-order valence-electron chi connectivity index (χ3n) is 4.90. The molecular formula is C21H29N5O2. The summed E-state index contributed by atoms with van der Waals surface area (Å²) in [6.45, 7) is 7.01. The molecule has 7 nitrogen and oxygen atoms in total. The van der Waals surface area contributed by atoms with Crippen molar-refractivity contribution < 1.29 is 9.53 Å². The van der Waals surface area contributed by atoms with Crippen molar-refractivity contribution in [1.82, 2.24) is 14.9 Å². The number of ether oxygens (including phenoxy) is 1. The molecule has 1 aromatic carbocycles. The van der Waals surface area contributed by atoms with Crippen molar-refractivity contribution in [3.63, 3.8) is 0 Å². The lowest BCUT2D eigenvalue weighted by Gasteiger charge is -2.34. The fourth-order valence-corrected chi connectivity index (χ4v) is 3.40. The van der Waals surface area contributed by atoms with Crippen LogP contribution in [-0.2, 0) is 4.74 Å². The van der Waals surface area contributed by atoms with Gasteiger partial charge in [-0.3, -0.25) is 0 Å². The molecule has 1 aromatic heterocycles. The first kappa shape index (κ1) is 18.8. The number of hydrogen-bond acceptors (Lipinski definition) is 6. The summed E-state index contributed by atoms with van der Waals surface area (Å²) in [4.78, 5) is 23.8. The average molecular weight is 383 g/mol. The van der Waals surface area contributed by atoms with E-state index in [1.54, 1.807) is 4.90 Å². The first-order chi connectivity index (χ1) is 13.4. The zero-order valence-electron chi connectivity index (χ0n) is 16.9. The Morgan fingerprint density at radius 1 is 1.04 bits per heavy atom. The van der Waals surface area contributed by atoms with Crippen LogP contribution in [0.1, 0.15) is 46.5 Å². The predicted molar refractivity (Wildman–Crippen MR) is 111 cm³/mol. The maximum atomic E-state index is 12.4. The lowest BCUT2D eigenvalue weighted by Crippen LogP contribution is -2.47. The topological polar surface area (TPSA) is 79.4 Å². The number of anilines is 2. The van der Waals surface area contributed by atoms with Gasteiger partial charge in [-0.15, -0.1) is 0 Å². The van der Waals surface area contributed by atoms with Crippen LogP contribution in [0, 0.1) is 0 Å². The second-order valence-electron chi connectivity index (χ2n) is 8.74. The molecular weight excluding hydrogens is 354 g/mol. The number of amides is 1. The number of benzene rings is 1. The number of hydrogen-bond donors (Lipinski definition) is 2. The van der Waals surface area contributed by atoms with Gasteiger partial charge >= 0.3 is 6.09 Å². The summed E-state index contributed by atoms with van der Waals surface area (Å²) in [7, 11) is 0. The smallest absolute Gasteiger partial charge is 0.410 e. The van der Waals surface area contributed by atoms with Crippen molar-refractivity contribution in [2.75, 3.05) is 23.7 Å². The van der Waals surface area contributed by atoms with Crippen LogP contribution in [-0.4, -0.2) is 51.7 Å². The van der Waals surface area contributed by atoms with Gasteiger partial charge in [-0.25, -0.2) is 14.8 Å². The Kier molecular flexibility index (Phi) is 5.00. The summed E-state index contributed by atoms with van der Waals surface area (Å²) in [5.74, 6) is 1.57. The molecule has 1 unspecified atom stereocenters. The summed E-state index contributed by atoms with van der Waals surface area (Å²) in [6, 6.07) is 8.51. The fourth-order valence-electron chi connectivity index (χ4n) is 3.40. The van der Waals surface area contributed by atoms with E-state index in [9.17, 15) is 4.79 Å². The molecule has 2 aliphatic rings. The van der Waals surface area contributed by atoms with Crippen LogP contribution in [0.4, 0.5) is 16.4 Å². The summed E-state index contributed by atoms with van der Waals surface area (Å²) in [5.41, 5.74) is 1.27. The molecule has 1 amide bonds. The summed E-state index contributed by atoms with van der Waals surface area (Å²) < 4.78 is 5.54. The van der Waals surface area contributed by atoms with E-state index in [2.05, 4.69) is 10.6 Å². The largest absolute Gasteiger partial charge is 0.444 e. The number of nitrogens with zero attached hydrogens (tertiary/aromatic N) is 3. The van der Waals surface area contributed by atoms with Crippen LogP contribution in [0.15, 0.2) is 24.3 Å². The van der Waals surface area contributed by atoms with Crippen molar-refractivity contribution >= 4 is 28.8 Å². The monoisotopic (exact) mass is 383 g/mol. The number of nitrogens with one attached hydrogen (secondary N) is 2. The molecule has 1 saturated carbocycles. The van der Waals surface area contributed by atoms with Crippen LogP contribution < -0.4 is 10.6 Å². The third kappa shape index (κ3) is 4.64. The first-order valence-corrected chi connectivity index (χ1v) is 10.2. The molecule has 150 valence electrons. The second kappa shape index (κ2) is 7.45. The number of piperidine rings is 1. The van der Waals surface area contributed by atoms with Gasteiger partial charge in [0.05, 0.1) is 11.0 Å². The van der Waals surface area contributed by atoms with Gasteiger partial charge in [0.2, 0.25) is 0 Å². The van der Waals surface area contributed by atoms with Crippen molar-refractivity contribution in [1.29, 1.82) is 0 Å². The number of fused-ring (bicyclic) bond motifs is 1. The third-order valence-corrected chi connectivity index (χ3v) is 4.90. The van der Waals surface area contributed by atoms with E-state index < -0.39 is 5.60 Å². The van der Waals surface area contributed by atoms with Gasteiger partial charge in [0.1, 0.15) is 5.60 Å². The molecule has 1 atom stereocenters. The highest BCUT2D eigenvalue weighted by Crippen LogP contribution is 2.30. The molecule has 7 heteroatoms. The Morgan fingerprint density at radius 2 is 1.64 bits per heavy atom. The molecule has 1 aliphatic carbocycles. The van der Waals surface area contributed by atoms with E-state index in [-0.39, 0.29) is 12.1 Å². The summed E-state index contributed by atoms with van der Waals surface area (Å²) >= 11 is 0. The lowest BCUT2D eigenvalue weighted by molar-refractivity contribution is 0.0206. The molecule has 1 aliphatic heterocycles. The predicted octanol–water partition coefficient (Wildman–Crippen LogP) is 4.02. The number of aromatic nitrogens is 2. The van der Waals surface area contributed by atoms with Gasteiger partial charge in [0.25, 0.3) is 0 Å². The van der Waals surface area contributed by atoms with E-state index >= 15 is 0 Å². The van der Waals surface area contributed by atoms with E-state index in [1.807, 2.05) is 45.0 Å². The highest BCUT2D eigenvalue weighted by molar-refractivity contribution is 5.80. The van der Waals surface area contributed by atoms with Gasteiger partial charge in [-0.05, 0) is 58.6 Å². The van der Waals surface area contributed by atoms with Crippen molar-refractivity contribution in [3.8, 4) is 0 Å². The molecule has 28 heavy (non-hydrogen) atoms. The van der Waals surface area contributed by atoms with Gasteiger partial charge in [0, 0.05) is 25.2 Å². The molecule has 4 rings (SSSR count). The van der Waals surface area contributed by atoms with Crippen LogP contribution in [0.5, 0.6) is 0 Å². The Bertz CT molecular complexity index is 859. The number of carbonyl (C=O) groups is 1. The SMILES string of the molecule is CC(C)(C)OC(=O)N1CCCC(Nc2nc3ccccc3nc2NC2CC2)C1. The second-order valence-corrected chi connectivity index (χ2v) is 8.74. The summed E-state index contributed by atoms with van der Waals surface area (Å²) in [6.07, 6.45) is 4.01. The lowest BCUT2D eigenvalue weighted by atomic mass is 10.1. The molecule has 2 heterocycles. The van der Waals surface area contributed by atoms with Crippen molar-refractivity contribution in [2.45, 2.75) is 64.1 Å². The zero-order chi connectivity index (χ0) is 19.7. The molecule has 0 spiro atoms. The van der Waals surface area contributed by atoms with E-state index in [1.165, 1.54) is 12.8 Å². The average Bonchev–Trinajstić information content (AvgIpc) is 3.45. The summed E-state index contributed by atoms with van der Waals surface area (Å²) in [5, 5.41) is 7.03. The minimum absolute atomic E-state index is 0.122. The minimum Gasteiger partial charge on any atom is -0.444 e. The molecule has 2 N–H and O–H groups in total. The highest BCUT2D eigenvalue weighted by atomic mass is 16.6. The maximum absolute atomic E-state index is 12.4. The molecule has 0 radical (unpaired) electrons. The molecule has 2 aromatic rings. The Hall–Kier alpha value is -2.57. The highest BCUT2D eigenvalue weighted by Gasteiger charge is 2.29. The Labute approximate surface area is 165 Å². The van der Waals surface area contributed by atoms with Gasteiger partial charge in [-0.1, -0.05) is 12.1 Å². The fraction of sp³-hybridized carbons (Fsp3) is 0.571. The Morgan fingerprint density at radius 3 is 2.21 bits per heavy atom. The van der Waals surface area contributed by atoms with Crippen molar-refractivity contribution in [3.05, 3.63) is 24.3 Å². The number of likely N-dealkylation sites (tertiary alicyclic amines) is 1. The van der Waals surface area contributed by atoms with Gasteiger partial charge < -0.3 is 20.3 Å². The van der Waals surface area contributed by atoms with Crippen molar-refractivity contribution in [2.24, 2.45) is 0 Å². The number of rotatable bonds is 4. The standard InChI is InChI=1S/C21H29N5O2/c1-21(2,3)28-20(27)26-12-6-7-15(13-26)23-19-18(22-14-10-11-14)24-16-8-4-5-9-17(16)25-19/h4-5,8-9,14-15H,6-7,10-13H2,1-3H3,(H,22,24)(H,23,25). The maximum Gasteiger partial charge on any atom is 0.410 e. The number of para-hydroxylation sites is 2. The van der Waals surface area contributed by atoms with Crippen LogP contribution >= 0.6 is 0 Å². The number of carbonyl (C=O) groups excluding carboxylic acids is 1. The molecule has 1 saturated heterocycles.